The van der Waals surface area contributed by atoms with Crippen molar-refractivity contribution in [1.29, 1.82) is 0 Å². The maximum absolute atomic E-state index is 3.41. The summed E-state index contributed by atoms with van der Waals surface area (Å²) in [5, 5.41) is 3.41. The van der Waals surface area contributed by atoms with Gasteiger partial charge in [-0.1, -0.05) is 12.8 Å². The molecule has 3 heteroatoms. The third-order valence-corrected chi connectivity index (χ3v) is 4.76. The molecule has 100 valence electrons. The van der Waals surface area contributed by atoms with Crippen LogP contribution in [0.2, 0.25) is 0 Å². The minimum absolute atomic E-state index is 0.778. The molecule has 2 aliphatic rings. The molecular weight excluding hydrogens is 210 g/mol. The van der Waals surface area contributed by atoms with Gasteiger partial charge in [0, 0.05) is 45.3 Å². The van der Waals surface area contributed by atoms with Crippen molar-refractivity contribution in [1.82, 2.24) is 15.1 Å². The number of piperazine rings is 1. The molecule has 0 aromatic heterocycles. The third-order valence-electron chi connectivity index (χ3n) is 4.76. The predicted octanol–water partition coefficient (Wildman–Crippen LogP) is 1.40. The van der Waals surface area contributed by atoms with Crippen LogP contribution in [0.4, 0.5) is 0 Å². The summed E-state index contributed by atoms with van der Waals surface area (Å²) in [6.07, 6.45) is 5.83. The van der Waals surface area contributed by atoms with Crippen LogP contribution >= 0.6 is 0 Å². The Morgan fingerprint density at radius 3 is 2.53 bits per heavy atom. The zero-order valence-corrected chi connectivity index (χ0v) is 11.6. The Labute approximate surface area is 107 Å². The van der Waals surface area contributed by atoms with E-state index in [9.17, 15) is 0 Å². The fourth-order valence-corrected chi connectivity index (χ4v) is 3.24. The summed E-state index contributed by atoms with van der Waals surface area (Å²) in [5.41, 5.74) is 0. The highest BCUT2D eigenvalue weighted by molar-refractivity contribution is 4.79. The van der Waals surface area contributed by atoms with Crippen LogP contribution in [-0.4, -0.2) is 62.2 Å². The zero-order valence-electron chi connectivity index (χ0n) is 11.6. The van der Waals surface area contributed by atoms with Crippen LogP contribution in [-0.2, 0) is 0 Å². The van der Waals surface area contributed by atoms with Gasteiger partial charge in [0.05, 0.1) is 0 Å². The Balaban J connectivity index is 1.66. The van der Waals surface area contributed by atoms with Gasteiger partial charge in [0.15, 0.2) is 0 Å². The van der Waals surface area contributed by atoms with Gasteiger partial charge >= 0.3 is 0 Å². The third kappa shape index (κ3) is 3.94. The largest absolute Gasteiger partial charge is 0.314 e. The first-order valence-electron chi connectivity index (χ1n) is 7.40. The smallest absolute Gasteiger partial charge is 0.0110 e. The molecule has 3 nitrogen and oxygen atoms in total. The van der Waals surface area contributed by atoms with Crippen molar-refractivity contribution in [3.8, 4) is 0 Å². The van der Waals surface area contributed by atoms with E-state index in [1.54, 1.807) is 0 Å². The number of likely N-dealkylation sites (N-methyl/N-ethyl adjacent to an activating group) is 1. The summed E-state index contributed by atoms with van der Waals surface area (Å²) in [6.45, 7) is 9.70. The van der Waals surface area contributed by atoms with Crippen molar-refractivity contribution < 1.29 is 0 Å². The van der Waals surface area contributed by atoms with Gasteiger partial charge in [-0.15, -0.1) is 0 Å². The normalized spacial score (nSPS) is 25.6. The topological polar surface area (TPSA) is 18.5 Å². The number of rotatable bonds is 5. The highest BCUT2D eigenvalue weighted by atomic mass is 15.2. The Kier molecular flexibility index (Phi) is 5.26. The molecular formula is C14H29N3. The summed E-state index contributed by atoms with van der Waals surface area (Å²) in [5.74, 6) is 0.961. The van der Waals surface area contributed by atoms with Crippen LogP contribution in [0, 0.1) is 5.92 Å². The van der Waals surface area contributed by atoms with Crippen LogP contribution in [0.1, 0.15) is 32.6 Å². The number of hydrogen-bond donors (Lipinski definition) is 1. The van der Waals surface area contributed by atoms with Crippen LogP contribution in [0.3, 0.4) is 0 Å². The molecule has 0 spiro atoms. The summed E-state index contributed by atoms with van der Waals surface area (Å²) in [4.78, 5) is 5.17. The minimum Gasteiger partial charge on any atom is -0.314 e. The highest BCUT2D eigenvalue weighted by Crippen LogP contribution is 2.29. The van der Waals surface area contributed by atoms with Crippen LogP contribution in [0.5, 0.6) is 0 Å². The van der Waals surface area contributed by atoms with Crippen molar-refractivity contribution >= 4 is 0 Å². The molecule has 1 saturated carbocycles. The van der Waals surface area contributed by atoms with Crippen molar-refractivity contribution in [3.05, 3.63) is 0 Å². The van der Waals surface area contributed by atoms with E-state index in [0.717, 1.165) is 12.0 Å². The average Bonchev–Trinajstić information content (AvgIpc) is 2.90. The summed E-state index contributed by atoms with van der Waals surface area (Å²) in [6, 6.07) is 0.778. The molecule has 0 bridgehead atoms. The van der Waals surface area contributed by atoms with E-state index < -0.39 is 0 Å². The van der Waals surface area contributed by atoms with Gasteiger partial charge in [-0.05, 0) is 32.7 Å². The molecule has 2 rings (SSSR count). The van der Waals surface area contributed by atoms with Crippen LogP contribution in [0.25, 0.3) is 0 Å². The Morgan fingerprint density at radius 2 is 1.88 bits per heavy atom. The second kappa shape index (κ2) is 6.72. The molecule has 0 aromatic carbocycles. The van der Waals surface area contributed by atoms with Gasteiger partial charge in [0.1, 0.15) is 0 Å². The molecule has 1 N–H and O–H groups in total. The molecule has 1 unspecified atom stereocenters. The van der Waals surface area contributed by atoms with Crippen LogP contribution in [0.15, 0.2) is 0 Å². The molecule has 0 aromatic rings. The lowest BCUT2D eigenvalue weighted by atomic mass is 9.99. The quantitative estimate of drug-likeness (QED) is 0.782. The van der Waals surface area contributed by atoms with Crippen molar-refractivity contribution in [2.75, 3.05) is 46.3 Å². The van der Waals surface area contributed by atoms with Crippen molar-refractivity contribution in [3.63, 3.8) is 0 Å². The van der Waals surface area contributed by atoms with Crippen LogP contribution < -0.4 is 5.32 Å². The lowest BCUT2D eigenvalue weighted by Crippen LogP contribution is -2.47. The molecule has 1 aliphatic heterocycles. The molecule has 1 saturated heterocycles. The number of nitrogens with zero attached hydrogens (tertiary/aromatic N) is 2. The first-order chi connectivity index (χ1) is 8.27. The Morgan fingerprint density at radius 1 is 1.24 bits per heavy atom. The lowest BCUT2D eigenvalue weighted by molar-refractivity contribution is 0.153. The van der Waals surface area contributed by atoms with E-state index in [1.165, 1.54) is 65.0 Å². The summed E-state index contributed by atoms with van der Waals surface area (Å²) >= 11 is 0. The number of nitrogens with one attached hydrogen (secondary N) is 1. The molecule has 2 fully saturated rings. The maximum Gasteiger partial charge on any atom is 0.0110 e. The minimum atomic E-state index is 0.778. The van der Waals surface area contributed by atoms with Gasteiger partial charge in [0.25, 0.3) is 0 Å². The first-order valence-corrected chi connectivity index (χ1v) is 7.40. The highest BCUT2D eigenvalue weighted by Gasteiger charge is 2.24. The van der Waals surface area contributed by atoms with Gasteiger partial charge in [-0.2, -0.15) is 0 Å². The van der Waals surface area contributed by atoms with Gasteiger partial charge in [-0.3, -0.25) is 4.90 Å². The second-order valence-corrected chi connectivity index (χ2v) is 5.86. The van der Waals surface area contributed by atoms with E-state index in [-0.39, 0.29) is 0 Å². The van der Waals surface area contributed by atoms with Gasteiger partial charge in [0.2, 0.25) is 0 Å². The van der Waals surface area contributed by atoms with E-state index in [4.69, 9.17) is 0 Å². The van der Waals surface area contributed by atoms with E-state index in [1.807, 2.05) is 0 Å². The summed E-state index contributed by atoms with van der Waals surface area (Å²) < 4.78 is 0. The monoisotopic (exact) mass is 239 g/mol. The predicted molar refractivity (Wildman–Crippen MR) is 73.4 cm³/mol. The molecule has 1 heterocycles. The molecule has 0 amide bonds. The Bertz CT molecular complexity index is 208. The van der Waals surface area contributed by atoms with Gasteiger partial charge < -0.3 is 10.2 Å². The van der Waals surface area contributed by atoms with E-state index in [0.29, 0.717) is 0 Å². The molecule has 17 heavy (non-hydrogen) atoms. The standard InChI is InChI=1S/C14H29N3/c1-13(14-5-3-4-6-14)16(2)11-12-17-9-7-15-8-10-17/h13-15H,3-12H2,1-2H3. The summed E-state index contributed by atoms with van der Waals surface area (Å²) in [7, 11) is 2.31. The van der Waals surface area contributed by atoms with E-state index >= 15 is 0 Å². The molecule has 0 radical (unpaired) electrons. The number of hydrogen-bond acceptors (Lipinski definition) is 3. The zero-order chi connectivity index (χ0) is 12.1. The maximum atomic E-state index is 3.41. The second-order valence-electron chi connectivity index (χ2n) is 5.86. The van der Waals surface area contributed by atoms with Crippen molar-refractivity contribution in [2.45, 2.75) is 38.6 Å². The Hall–Kier alpha value is -0.120. The van der Waals surface area contributed by atoms with E-state index in [2.05, 4.69) is 29.1 Å². The molecule has 1 atom stereocenters. The lowest BCUT2D eigenvalue weighted by Gasteiger charge is -2.33. The van der Waals surface area contributed by atoms with Gasteiger partial charge in [-0.25, -0.2) is 0 Å². The first kappa shape index (κ1) is 13.3. The average molecular weight is 239 g/mol. The fourth-order valence-electron chi connectivity index (χ4n) is 3.24. The molecule has 1 aliphatic carbocycles. The fraction of sp³-hybridized carbons (Fsp3) is 1.00. The SMILES string of the molecule is CC(C1CCCC1)N(C)CCN1CCNCC1. The van der Waals surface area contributed by atoms with Crippen molar-refractivity contribution in [2.24, 2.45) is 5.92 Å².